The Hall–Kier alpha value is -1.56. The lowest BCUT2D eigenvalue weighted by molar-refractivity contribution is -0.141. The number of piperidine rings is 1. The van der Waals surface area contributed by atoms with Crippen LogP contribution in [0.15, 0.2) is 30.0 Å². The molecule has 2 aliphatic heterocycles. The molecule has 0 radical (unpaired) electrons. The van der Waals surface area contributed by atoms with Crippen LogP contribution in [0.2, 0.25) is 0 Å². The van der Waals surface area contributed by atoms with Crippen LogP contribution in [-0.4, -0.2) is 24.1 Å². The van der Waals surface area contributed by atoms with Gasteiger partial charge in [-0.3, -0.25) is 4.98 Å². The Morgan fingerprint density at radius 3 is 2.72 bits per heavy atom. The van der Waals surface area contributed by atoms with Gasteiger partial charge in [-0.2, -0.15) is 13.2 Å². The normalized spacial score (nSPS) is 26.7. The third-order valence-electron chi connectivity index (χ3n) is 3.52. The van der Waals surface area contributed by atoms with Gasteiger partial charge in [-0.15, -0.1) is 0 Å². The lowest BCUT2D eigenvalue weighted by Crippen LogP contribution is -2.54. The van der Waals surface area contributed by atoms with E-state index in [9.17, 15) is 13.2 Å². The van der Waals surface area contributed by atoms with Gasteiger partial charge in [-0.1, -0.05) is 6.08 Å². The molecule has 0 aromatic carbocycles. The molecule has 2 bridgehead atoms. The van der Waals surface area contributed by atoms with Crippen LogP contribution in [-0.2, 0) is 6.18 Å². The number of alkyl halides is 3. The van der Waals surface area contributed by atoms with Gasteiger partial charge in [0.2, 0.25) is 0 Å². The molecule has 1 fully saturated rings. The minimum atomic E-state index is -4.40. The zero-order chi connectivity index (χ0) is 12.9. The summed E-state index contributed by atoms with van der Waals surface area (Å²) in [5.74, 6) is 0.260. The van der Waals surface area contributed by atoms with Crippen molar-refractivity contribution in [3.63, 3.8) is 0 Å². The number of hydrogen-bond acceptors (Lipinski definition) is 3. The maximum Gasteiger partial charge on any atom is 0.433 e. The van der Waals surface area contributed by atoms with Crippen LogP contribution in [0.25, 0.3) is 0 Å². The van der Waals surface area contributed by atoms with Crippen molar-refractivity contribution < 1.29 is 13.2 Å². The van der Waals surface area contributed by atoms with Crippen molar-refractivity contribution in [3.8, 4) is 0 Å². The summed E-state index contributed by atoms with van der Waals surface area (Å²) in [7, 11) is 0. The van der Waals surface area contributed by atoms with Crippen molar-refractivity contribution >= 4 is 5.69 Å². The fourth-order valence-electron chi connectivity index (χ4n) is 2.48. The number of rotatable bonds is 1. The summed E-state index contributed by atoms with van der Waals surface area (Å²) < 4.78 is 37.7. The first-order valence-electron chi connectivity index (χ1n) is 5.69. The monoisotopic (exact) mass is 255 g/mol. The largest absolute Gasteiger partial charge is 0.433 e. The SMILES string of the molecule is NC1C2=CC1CN(c1ccnc(C(F)(F)F)c1)C2. The van der Waals surface area contributed by atoms with Gasteiger partial charge in [0.05, 0.1) is 0 Å². The van der Waals surface area contributed by atoms with E-state index in [1.54, 1.807) is 6.07 Å². The van der Waals surface area contributed by atoms with Crippen molar-refractivity contribution in [1.29, 1.82) is 0 Å². The molecule has 3 aliphatic rings. The maximum absolute atomic E-state index is 12.6. The van der Waals surface area contributed by atoms with Crippen molar-refractivity contribution in [1.82, 2.24) is 4.98 Å². The Kier molecular flexibility index (Phi) is 2.38. The molecule has 0 saturated carbocycles. The van der Waals surface area contributed by atoms with Crippen molar-refractivity contribution in [2.24, 2.45) is 11.7 Å². The molecule has 0 amide bonds. The van der Waals surface area contributed by atoms with Crippen LogP contribution in [0.1, 0.15) is 5.69 Å². The Bertz CT molecular complexity index is 510. The number of fused-ring (bicyclic) bond motifs is 2. The summed E-state index contributed by atoms with van der Waals surface area (Å²) >= 11 is 0. The number of aromatic nitrogens is 1. The van der Waals surface area contributed by atoms with E-state index in [1.165, 1.54) is 6.20 Å². The van der Waals surface area contributed by atoms with Crippen LogP contribution >= 0.6 is 0 Å². The van der Waals surface area contributed by atoms with Crippen LogP contribution in [0.5, 0.6) is 0 Å². The van der Waals surface area contributed by atoms with Gasteiger partial charge in [0.25, 0.3) is 0 Å². The highest BCUT2D eigenvalue weighted by atomic mass is 19.4. The van der Waals surface area contributed by atoms with E-state index in [0.717, 1.165) is 11.6 Å². The van der Waals surface area contributed by atoms with Gasteiger partial charge in [-0.25, -0.2) is 0 Å². The van der Waals surface area contributed by atoms with Crippen LogP contribution in [0.3, 0.4) is 0 Å². The van der Waals surface area contributed by atoms with E-state index in [4.69, 9.17) is 5.73 Å². The van der Waals surface area contributed by atoms with E-state index in [0.29, 0.717) is 18.8 Å². The van der Waals surface area contributed by atoms with Crippen molar-refractivity contribution in [2.45, 2.75) is 12.2 Å². The highest BCUT2D eigenvalue weighted by Gasteiger charge is 2.38. The van der Waals surface area contributed by atoms with E-state index in [2.05, 4.69) is 11.1 Å². The van der Waals surface area contributed by atoms with Gasteiger partial charge >= 0.3 is 6.18 Å². The van der Waals surface area contributed by atoms with Gasteiger partial charge in [-0.05, 0) is 17.7 Å². The summed E-state index contributed by atoms with van der Waals surface area (Å²) in [4.78, 5) is 5.28. The zero-order valence-corrected chi connectivity index (χ0v) is 9.48. The van der Waals surface area contributed by atoms with Crippen LogP contribution in [0.4, 0.5) is 18.9 Å². The van der Waals surface area contributed by atoms with E-state index in [1.807, 2.05) is 4.90 Å². The van der Waals surface area contributed by atoms with E-state index >= 15 is 0 Å². The third-order valence-corrected chi connectivity index (χ3v) is 3.52. The van der Waals surface area contributed by atoms with E-state index in [-0.39, 0.29) is 12.0 Å². The quantitative estimate of drug-likeness (QED) is 0.778. The number of hydrogen-bond donors (Lipinski definition) is 1. The first kappa shape index (κ1) is 11.5. The van der Waals surface area contributed by atoms with Crippen LogP contribution < -0.4 is 10.6 Å². The molecule has 1 saturated heterocycles. The topological polar surface area (TPSA) is 42.1 Å². The number of halogens is 3. The summed E-state index contributed by atoms with van der Waals surface area (Å²) in [5, 5.41) is 0. The molecule has 3 heterocycles. The fraction of sp³-hybridized carbons (Fsp3) is 0.417. The number of nitrogens with zero attached hydrogens (tertiary/aromatic N) is 2. The standard InChI is InChI=1S/C12H12F3N3/c13-12(14,15)10-4-9(1-2-17-10)18-5-7-3-8(6-18)11(7)16/h1-4,7,11H,5-6,16H2. The first-order chi connectivity index (χ1) is 8.45. The highest BCUT2D eigenvalue weighted by molar-refractivity contribution is 5.52. The number of nitrogens with two attached hydrogens (primary N) is 1. The average Bonchev–Trinajstić information content (AvgIpc) is 2.37. The summed E-state index contributed by atoms with van der Waals surface area (Å²) in [6.45, 7) is 1.28. The Morgan fingerprint density at radius 1 is 1.39 bits per heavy atom. The molecule has 2 unspecified atom stereocenters. The molecule has 96 valence electrons. The second-order valence-corrected chi connectivity index (χ2v) is 4.71. The maximum atomic E-state index is 12.6. The average molecular weight is 255 g/mol. The Morgan fingerprint density at radius 2 is 2.17 bits per heavy atom. The summed E-state index contributed by atoms with van der Waals surface area (Å²) in [5.41, 5.74) is 6.69. The van der Waals surface area contributed by atoms with Crippen molar-refractivity contribution in [2.75, 3.05) is 18.0 Å². The lowest BCUT2D eigenvalue weighted by atomic mass is 9.77. The molecule has 1 aromatic heterocycles. The Labute approximate surface area is 102 Å². The molecule has 1 aromatic rings. The molecular formula is C12H12F3N3. The van der Waals surface area contributed by atoms with Gasteiger partial charge in [0.1, 0.15) is 5.69 Å². The molecule has 4 rings (SSSR count). The Balaban J connectivity index is 1.84. The predicted molar refractivity (Wildman–Crippen MR) is 61.0 cm³/mol. The predicted octanol–water partition coefficient (Wildman–Crippen LogP) is 1.80. The highest BCUT2D eigenvalue weighted by Crippen LogP contribution is 2.36. The molecule has 1 aliphatic carbocycles. The fourth-order valence-corrected chi connectivity index (χ4v) is 2.48. The third kappa shape index (κ3) is 1.77. The summed E-state index contributed by atoms with van der Waals surface area (Å²) in [6.07, 6.45) is -1.09. The lowest BCUT2D eigenvalue weighted by Gasteiger charge is -2.45. The van der Waals surface area contributed by atoms with Gasteiger partial charge < -0.3 is 10.6 Å². The molecular weight excluding hydrogens is 243 g/mol. The number of pyridine rings is 1. The molecule has 6 heteroatoms. The van der Waals surface area contributed by atoms with Crippen molar-refractivity contribution in [3.05, 3.63) is 35.7 Å². The van der Waals surface area contributed by atoms with Gasteiger partial charge in [0.15, 0.2) is 0 Å². The molecule has 18 heavy (non-hydrogen) atoms. The first-order valence-corrected chi connectivity index (χ1v) is 5.69. The van der Waals surface area contributed by atoms with E-state index < -0.39 is 11.9 Å². The van der Waals surface area contributed by atoms with Crippen LogP contribution in [0, 0.1) is 5.92 Å². The zero-order valence-electron chi connectivity index (χ0n) is 9.48. The molecule has 3 nitrogen and oxygen atoms in total. The second-order valence-electron chi connectivity index (χ2n) is 4.71. The second kappa shape index (κ2) is 3.71. The molecule has 0 spiro atoms. The summed E-state index contributed by atoms with van der Waals surface area (Å²) in [6, 6.07) is 2.79. The van der Waals surface area contributed by atoms with Gasteiger partial charge in [0, 0.05) is 36.9 Å². The molecule has 2 atom stereocenters. The smallest absolute Gasteiger partial charge is 0.367 e. The minimum absolute atomic E-state index is 0.0881. The number of anilines is 1. The molecule has 2 N–H and O–H groups in total. The minimum Gasteiger partial charge on any atom is -0.367 e.